The number of rotatable bonds is 10. The molecule has 0 spiro atoms. The minimum atomic E-state index is 0.450. The maximum Gasteiger partial charge on any atom is 0.164 e. The first-order valence-electron chi connectivity index (χ1n) is 12.3. The van der Waals surface area contributed by atoms with Gasteiger partial charge >= 0.3 is 0 Å². The first-order chi connectivity index (χ1) is 16.5. The van der Waals surface area contributed by atoms with Crippen molar-refractivity contribution < 1.29 is 0 Å². The van der Waals surface area contributed by atoms with Crippen LogP contribution in [0.5, 0.6) is 0 Å². The number of hydrogen-bond donors (Lipinski definition) is 1. The number of aryl methyl sites for hydroxylation is 2. The third kappa shape index (κ3) is 4.82. The number of benzene rings is 1. The Morgan fingerprint density at radius 1 is 1.18 bits per heavy atom. The predicted octanol–water partition coefficient (Wildman–Crippen LogP) is 4.71. The molecule has 34 heavy (non-hydrogen) atoms. The summed E-state index contributed by atoms with van der Waals surface area (Å²) in [4.78, 5) is 12.3. The lowest BCUT2D eigenvalue weighted by molar-refractivity contribution is 0.321. The Bertz CT molecular complexity index is 1280. The van der Waals surface area contributed by atoms with Crippen LogP contribution < -0.4 is 5.32 Å². The molecule has 0 bridgehead atoms. The number of aromatic nitrogens is 6. The van der Waals surface area contributed by atoms with Gasteiger partial charge in [0.2, 0.25) is 0 Å². The summed E-state index contributed by atoms with van der Waals surface area (Å²) in [5, 5.41) is 13.6. The Morgan fingerprint density at radius 2 is 2.03 bits per heavy atom. The van der Waals surface area contributed by atoms with Crippen molar-refractivity contribution in [3.05, 3.63) is 53.5 Å². The van der Waals surface area contributed by atoms with Gasteiger partial charge in [0.1, 0.15) is 5.82 Å². The molecular formula is C26H34N8. The average Bonchev–Trinajstić information content (AvgIpc) is 3.49. The van der Waals surface area contributed by atoms with E-state index in [1.807, 2.05) is 24.9 Å². The molecule has 0 saturated heterocycles. The maximum atomic E-state index is 4.99. The van der Waals surface area contributed by atoms with Crippen LogP contribution >= 0.6 is 0 Å². The molecule has 8 heteroatoms. The van der Waals surface area contributed by atoms with Crippen LogP contribution in [0, 0.1) is 6.92 Å². The minimum Gasteiger partial charge on any atom is -0.364 e. The molecule has 8 nitrogen and oxygen atoms in total. The van der Waals surface area contributed by atoms with Gasteiger partial charge in [-0.25, -0.2) is 14.6 Å². The van der Waals surface area contributed by atoms with Crippen LogP contribution in [-0.4, -0.2) is 48.0 Å². The van der Waals surface area contributed by atoms with Crippen molar-refractivity contribution in [3.63, 3.8) is 0 Å². The van der Waals surface area contributed by atoms with E-state index in [1.165, 1.54) is 18.4 Å². The van der Waals surface area contributed by atoms with E-state index in [1.54, 1.807) is 0 Å². The number of unbranched alkanes of at least 4 members (excludes halogenated alkanes) is 1. The largest absolute Gasteiger partial charge is 0.364 e. The Balaban J connectivity index is 1.48. The highest BCUT2D eigenvalue weighted by Crippen LogP contribution is 2.37. The van der Waals surface area contributed by atoms with Crippen molar-refractivity contribution in [1.82, 2.24) is 34.4 Å². The van der Waals surface area contributed by atoms with E-state index in [0.717, 1.165) is 65.6 Å². The standard InChI is InChI=1S/C26H34N8/c1-5-6-12-32(3)17-19-8-7-9-20(14-19)24-29-25(27-15-22-13-18(2)31-33(22)4)23-16-28-34(21-10-11-21)26(23)30-24/h7-9,13-14,16,21H,5-6,10-12,15,17H2,1-4H3,(H,27,29,30). The molecule has 1 aliphatic carbocycles. The Kier molecular flexibility index (Phi) is 6.32. The monoisotopic (exact) mass is 458 g/mol. The van der Waals surface area contributed by atoms with Gasteiger partial charge in [-0.2, -0.15) is 10.2 Å². The highest BCUT2D eigenvalue weighted by Gasteiger charge is 2.27. The summed E-state index contributed by atoms with van der Waals surface area (Å²) in [6.07, 6.45) is 6.64. The number of nitrogens with one attached hydrogen (secondary N) is 1. The minimum absolute atomic E-state index is 0.450. The fraction of sp³-hybridized carbons (Fsp3) is 0.462. The summed E-state index contributed by atoms with van der Waals surface area (Å²) < 4.78 is 3.98. The van der Waals surface area contributed by atoms with E-state index < -0.39 is 0 Å². The quantitative estimate of drug-likeness (QED) is 0.371. The van der Waals surface area contributed by atoms with Gasteiger partial charge in [-0.3, -0.25) is 4.68 Å². The second kappa shape index (κ2) is 9.54. The molecule has 0 atom stereocenters. The van der Waals surface area contributed by atoms with Crippen molar-refractivity contribution >= 4 is 16.9 Å². The van der Waals surface area contributed by atoms with Gasteiger partial charge in [0.05, 0.1) is 35.6 Å². The second-order valence-electron chi connectivity index (χ2n) is 9.50. The third-order valence-electron chi connectivity index (χ3n) is 6.41. The van der Waals surface area contributed by atoms with E-state index >= 15 is 0 Å². The molecule has 1 saturated carbocycles. The lowest BCUT2D eigenvalue weighted by atomic mass is 10.1. The lowest BCUT2D eigenvalue weighted by Crippen LogP contribution is -2.18. The highest BCUT2D eigenvalue weighted by atomic mass is 15.3. The van der Waals surface area contributed by atoms with Crippen LogP contribution in [0.1, 0.15) is 55.6 Å². The Hall–Kier alpha value is -3.26. The van der Waals surface area contributed by atoms with Gasteiger partial charge in [0, 0.05) is 19.2 Å². The summed E-state index contributed by atoms with van der Waals surface area (Å²) in [7, 11) is 4.15. The van der Waals surface area contributed by atoms with Gasteiger partial charge < -0.3 is 10.2 Å². The number of hydrogen-bond acceptors (Lipinski definition) is 6. The molecule has 5 rings (SSSR count). The van der Waals surface area contributed by atoms with Crippen LogP contribution in [-0.2, 0) is 20.1 Å². The smallest absolute Gasteiger partial charge is 0.164 e. The zero-order valence-corrected chi connectivity index (χ0v) is 20.6. The average molecular weight is 459 g/mol. The molecule has 3 heterocycles. The highest BCUT2D eigenvalue weighted by molar-refractivity contribution is 5.88. The van der Waals surface area contributed by atoms with E-state index in [4.69, 9.17) is 9.97 Å². The normalized spacial score (nSPS) is 13.8. The second-order valence-corrected chi connectivity index (χ2v) is 9.50. The van der Waals surface area contributed by atoms with E-state index in [9.17, 15) is 0 Å². The predicted molar refractivity (Wildman–Crippen MR) is 136 cm³/mol. The molecular weight excluding hydrogens is 424 g/mol. The molecule has 0 unspecified atom stereocenters. The van der Waals surface area contributed by atoms with Crippen molar-refractivity contribution in [3.8, 4) is 11.4 Å². The summed E-state index contributed by atoms with van der Waals surface area (Å²) in [6, 6.07) is 11.2. The van der Waals surface area contributed by atoms with Gasteiger partial charge in [-0.1, -0.05) is 31.5 Å². The third-order valence-corrected chi connectivity index (χ3v) is 6.41. The van der Waals surface area contributed by atoms with Gasteiger partial charge in [0.25, 0.3) is 0 Å². The maximum absolute atomic E-state index is 4.99. The van der Waals surface area contributed by atoms with Crippen molar-refractivity contribution in [1.29, 1.82) is 0 Å². The number of fused-ring (bicyclic) bond motifs is 1. The molecule has 0 radical (unpaired) electrons. The summed E-state index contributed by atoms with van der Waals surface area (Å²) in [5.74, 6) is 1.55. The molecule has 1 N–H and O–H groups in total. The van der Waals surface area contributed by atoms with Gasteiger partial charge in [0.15, 0.2) is 11.5 Å². The van der Waals surface area contributed by atoms with Crippen LogP contribution in [0.15, 0.2) is 36.5 Å². The van der Waals surface area contributed by atoms with Gasteiger partial charge in [-0.05, 0) is 57.5 Å². The van der Waals surface area contributed by atoms with Crippen molar-refractivity contribution in [2.24, 2.45) is 7.05 Å². The molecule has 1 aliphatic rings. The molecule has 4 aromatic rings. The molecule has 0 amide bonds. The van der Waals surface area contributed by atoms with Gasteiger partial charge in [-0.15, -0.1) is 0 Å². The van der Waals surface area contributed by atoms with Crippen LogP contribution in [0.25, 0.3) is 22.4 Å². The van der Waals surface area contributed by atoms with Crippen LogP contribution in [0.4, 0.5) is 5.82 Å². The first-order valence-corrected chi connectivity index (χ1v) is 12.3. The first kappa shape index (κ1) is 22.5. The van der Waals surface area contributed by atoms with E-state index in [2.05, 4.69) is 69.4 Å². The SMILES string of the molecule is CCCCN(C)Cc1cccc(-c2nc(NCc3cc(C)nn3C)c3cnn(C4CC4)c3n2)c1. The molecule has 1 aromatic carbocycles. The molecule has 1 fully saturated rings. The zero-order valence-electron chi connectivity index (χ0n) is 20.6. The van der Waals surface area contributed by atoms with E-state index in [-0.39, 0.29) is 0 Å². The number of nitrogens with zero attached hydrogens (tertiary/aromatic N) is 7. The molecule has 178 valence electrons. The van der Waals surface area contributed by atoms with Crippen molar-refractivity contribution in [2.75, 3.05) is 18.9 Å². The molecule has 0 aliphatic heterocycles. The fourth-order valence-corrected chi connectivity index (χ4v) is 4.41. The lowest BCUT2D eigenvalue weighted by Gasteiger charge is -2.16. The summed E-state index contributed by atoms with van der Waals surface area (Å²) >= 11 is 0. The zero-order chi connectivity index (χ0) is 23.7. The Labute approximate surface area is 201 Å². The number of anilines is 1. The topological polar surface area (TPSA) is 76.7 Å². The summed E-state index contributed by atoms with van der Waals surface area (Å²) in [5.41, 5.74) is 5.33. The summed E-state index contributed by atoms with van der Waals surface area (Å²) in [6.45, 7) is 6.90. The Morgan fingerprint density at radius 3 is 2.76 bits per heavy atom. The molecule has 3 aromatic heterocycles. The van der Waals surface area contributed by atoms with Crippen molar-refractivity contribution in [2.45, 2.75) is 58.7 Å². The van der Waals surface area contributed by atoms with Crippen LogP contribution in [0.2, 0.25) is 0 Å². The fourth-order valence-electron chi connectivity index (χ4n) is 4.41. The van der Waals surface area contributed by atoms with Crippen LogP contribution in [0.3, 0.4) is 0 Å². The van der Waals surface area contributed by atoms with E-state index in [0.29, 0.717) is 12.6 Å².